The van der Waals surface area contributed by atoms with E-state index in [1.54, 1.807) is 0 Å². The Labute approximate surface area is 160 Å². The second-order valence-electron chi connectivity index (χ2n) is 6.69. The Balaban J connectivity index is 2.29. The molecule has 0 saturated heterocycles. The van der Waals surface area contributed by atoms with Crippen LogP contribution in [0.2, 0.25) is 0 Å². The Morgan fingerprint density at radius 2 is 1.25 bits per heavy atom. The first-order valence-electron chi connectivity index (χ1n) is 8.63. The van der Waals surface area contributed by atoms with Crippen molar-refractivity contribution < 1.29 is 40.2 Å². The molecule has 0 radical (unpaired) electrons. The molecule has 28 heavy (non-hydrogen) atoms. The Morgan fingerprint density at radius 1 is 0.750 bits per heavy atom. The predicted molar refractivity (Wildman–Crippen MR) is 98.4 cm³/mol. The molecule has 8 heteroatoms. The van der Waals surface area contributed by atoms with Crippen LogP contribution in [0.15, 0.2) is 36.4 Å². The highest BCUT2D eigenvalue weighted by Gasteiger charge is 2.29. The average molecular weight is 390 g/mol. The van der Waals surface area contributed by atoms with Crippen LogP contribution in [0.3, 0.4) is 0 Å². The van der Waals surface area contributed by atoms with Crippen molar-refractivity contribution in [3.63, 3.8) is 0 Å². The van der Waals surface area contributed by atoms with Gasteiger partial charge in [-0.3, -0.25) is 9.59 Å². The van der Waals surface area contributed by atoms with Crippen molar-refractivity contribution in [1.82, 2.24) is 0 Å². The van der Waals surface area contributed by atoms with Crippen LogP contribution in [0.5, 0.6) is 23.0 Å². The smallest absolute Gasteiger partial charge is 0.307 e. The van der Waals surface area contributed by atoms with Crippen LogP contribution in [-0.2, 0) is 22.4 Å². The standard InChI is InChI=1S/C20H22O8/c21-15-4-1-11(9-17(15)23)7-13(3-6-19(25)26)14(20(27)28)8-12-2-5-16(22)18(24)10-12/h1-2,4-5,9-10,13-14,21-24H,3,6-8H2,(H,25,26)(H,27,28)/t13-,14-/m1/s1. The van der Waals surface area contributed by atoms with Crippen molar-refractivity contribution in [2.45, 2.75) is 25.7 Å². The van der Waals surface area contributed by atoms with Crippen LogP contribution in [0.25, 0.3) is 0 Å². The van der Waals surface area contributed by atoms with Gasteiger partial charge in [-0.15, -0.1) is 0 Å². The minimum absolute atomic E-state index is 0.0253. The molecule has 2 aromatic rings. The Morgan fingerprint density at radius 3 is 1.68 bits per heavy atom. The molecule has 0 aliphatic carbocycles. The zero-order valence-electron chi connectivity index (χ0n) is 14.9. The molecule has 0 heterocycles. The van der Waals surface area contributed by atoms with Crippen LogP contribution < -0.4 is 0 Å². The largest absolute Gasteiger partial charge is 0.504 e. The molecule has 0 aliphatic heterocycles. The van der Waals surface area contributed by atoms with Gasteiger partial charge in [0.25, 0.3) is 0 Å². The van der Waals surface area contributed by atoms with Crippen molar-refractivity contribution >= 4 is 11.9 Å². The number of benzene rings is 2. The van der Waals surface area contributed by atoms with Crippen LogP contribution in [-0.4, -0.2) is 42.6 Å². The number of hydrogen-bond donors (Lipinski definition) is 6. The van der Waals surface area contributed by atoms with Gasteiger partial charge >= 0.3 is 11.9 Å². The first kappa shape index (κ1) is 20.9. The van der Waals surface area contributed by atoms with E-state index >= 15 is 0 Å². The van der Waals surface area contributed by atoms with Gasteiger partial charge in [0.05, 0.1) is 5.92 Å². The summed E-state index contributed by atoms with van der Waals surface area (Å²) in [6.45, 7) is 0. The van der Waals surface area contributed by atoms with Gasteiger partial charge in [0.15, 0.2) is 23.0 Å². The summed E-state index contributed by atoms with van der Waals surface area (Å²) in [5.41, 5.74) is 1.04. The highest BCUT2D eigenvalue weighted by molar-refractivity contribution is 5.71. The number of carboxylic acid groups (broad SMARTS) is 2. The molecule has 2 atom stereocenters. The van der Waals surface area contributed by atoms with E-state index in [1.807, 2.05) is 0 Å². The molecule has 0 spiro atoms. The number of rotatable bonds is 9. The lowest BCUT2D eigenvalue weighted by Crippen LogP contribution is -2.28. The summed E-state index contributed by atoms with van der Waals surface area (Å²) in [6, 6.07) is 8.15. The Hall–Kier alpha value is -3.42. The first-order chi connectivity index (χ1) is 13.2. The van der Waals surface area contributed by atoms with Crippen LogP contribution in [0.1, 0.15) is 24.0 Å². The maximum Gasteiger partial charge on any atom is 0.307 e. The summed E-state index contributed by atoms with van der Waals surface area (Å²) in [5.74, 6) is -5.04. The van der Waals surface area contributed by atoms with Gasteiger partial charge in [0, 0.05) is 6.42 Å². The molecule has 2 rings (SSSR count). The molecule has 0 bridgehead atoms. The summed E-state index contributed by atoms with van der Waals surface area (Å²) in [5, 5.41) is 56.9. The van der Waals surface area contributed by atoms with Crippen LogP contribution in [0, 0.1) is 11.8 Å². The fourth-order valence-corrected chi connectivity index (χ4v) is 3.16. The second kappa shape index (κ2) is 8.98. The monoisotopic (exact) mass is 390 g/mol. The number of carbonyl (C=O) groups is 2. The van der Waals surface area contributed by atoms with Crippen LogP contribution in [0.4, 0.5) is 0 Å². The van der Waals surface area contributed by atoms with Crippen molar-refractivity contribution in [2.75, 3.05) is 0 Å². The lowest BCUT2D eigenvalue weighted by Gasteiger charge is -2.24. The lowest BCUT2D eigenvalue weighted by molar-refractivity contribution is -0.145. The lowest BCUT2D eigenvalue weighted by atomic mass is 9.80. The summed E-state index contributed by atoms with van der Waals surface area (Å²) in [7, 11) is 0. The summed E-state index contributed by atoms with van der Waals surface area (Å²) < 4.78 is 0. The van der Waals surface area contributed by atoms with E-state index in [-0.39, 0.29) is 48.7 Å². The van der Waals surface area contributed by atoms with Gasteiger partial charge in [0.1, 0.15) is 0 Å². The molecule has 6 N–H and O–H groups in total. The minimum Gasteiger partial charge on any atom is -0.504 e. The zero-order valence-corrected chi connectivity index (χ0v) is 14.9. The van der Waals surface area contributed by atoms with Gasteiger partial charge in [0.2, 0.25) is 0 Å². The quantitative estimate of drug-likeness (QED) is 0.357. The molecule has 0 fully saturated rings. The molecule has 0 aromatic heterocycles. The van der Waals surface area contributed by atoms with Gasteiger partial charge < -0.3 is 30.6 Å². The van der Waals surface area contributed by atoms with Gasteiger partial charge in [-0.05, 0) is 60.6 Å². The third-order valence-electron chi connectivity index (χ3n) is 4.65. The maximum atomic E-state index is 11.9. The average Bonchev–Trinajstić information content (AvgIpc) is 2.62. The molecule has 150 valence electrons. The number of phenolic OH excluding ortho intramolecular Hbond substituents is 4. The Kier molecular flexibility index (Phi) is 6.70. The highest BCUT2D eigenvalue weighted by Crippen LogP contribution is 2.32. The number of phenols is 4. The molecule has 0 saturated carbocycles. The first-order valence-corrected chi connectivity index (χ1v) is 8.63. The summed E-state index contributed by atoms with van der Waals surface area (Å²) in [4.78, 5) is 22.9. The van der Waals surface area contributed by atoms with Gasteiger partial charge in [-0.25, -0.2) is 0 Å². The fourth-order valence-electron chi connectivity index (χ4n) is 3.16. The summed E-state index contributed by atoms with van der Waals surface area (Å²) >= 11 is 0. The maximum absolute atomic E-state index is 11.9. The molecule has 0 unspecified atom stereocenters. The number of carboxylic acids is 2. The van der Waals surface area contributed by atoms with Crippen molar-refractivity contribution in [2.24, 2.45) is 11.8 Å². The third-order valence-corrected chi connectivity index (χ3v) is 4.65. The molecule has 2 aromatic carbocycles. The van der Waals surface area contributed by atoms with E-state index in [0.717, 1.165) is 0 Å². The number of aliphatic carboxylic acids is 2. The predicted octanol–water partition coefficient (Wildman–Crippen LogP) is 2.48. The number of aromatic hydroxyl groups is 4. The van der Waals surface area contributed by atoms with E-state index in [1.165, 1.54) is 36.4 Å². The molecule has 0 aliphatic rings. The minimum atomic E-state index is -1.12. The fraction of sp³-hybridized carbons (Fsp3) is 0.300. The van der Waals surface area contributed by atoms with Crippen molar-refractivity contribution in [3.05, 3.63) is 47.5 Å². The second-order valence-corrected chi connectivity index (χ2v) is 6.69. The van der Waals surface area contributed by atoms with Gasteiger partial charge in [-0.2, -0.15) is 0 Å². The Bertz CT molecular complexity index is 861. The molecular weight excluding hydrogens is 368 g/mol. The third kappa shape index (κ3) is 5.54. The molecule has 8 nitrogen and oxygen atoms in total. The van der Waals surface area contributed by atoms with Crippen molar-refractivity contribution in [3.8, 4) is 23.0 Å². The highest BCUT2D eigenvalue weighted by atomic mass is 16.4. The molecule has 0 amide bonds. The zero-order chi connectivity index (χ0) is 20.8. The van der Waals surface area contributed by atoms with Gasteiger partial charge in [-0.1, -0.05) is 12.1 Å². The SMILES string of the molecule is O=C(O)CC[C@H](Cc1ccc(O)c(O)c1)[C@@H](Cc1ccc(O)c(O)c1)C(=O)O. The number of hydrogen-bond acceptors (Lipinski definition) is 6. The van der Waals surface area contributed by atoms with Crippen LogP contribution >= 0.6 is 0 Å². The van der Waals surface area contributed by atoms with E-state index < -0.39 is 23.8 Å². The normalized spacial score (nSPS) is 13.0. The molecular formula is C20H22O8. The van der Waals surface area contributed by atoms with E-state index in [4.69, 9.17) is 5.11 Å². The van der Waals surface area contributed by atoms with E-state index in [9.17, 15) is 35.1 Å². The topological polar surface area (TPSA) is 156 Å². The van der Waals surface area contributed by atoms with Crippen molar-refractivity contribution in [1.29, 1.82) is 0 Å². The summed E-state index contributed by atoms with van der Waals surface area (Å²) in [6.07, 6.45) is 0.0804. The van der Waals surface area contributed by atoms with E-state index in [0.29, 0.717) is 11.1 Å². The van der Waals surface area contributed by atoms with E-state index in [2.05, 4.69) is 0 Å².